The molecular weight excluding hydrogens is 472 g/mol. The molecule has 2 aromatic carbocycles. The van der Waals surface area contributed by atoms with Gasteiger partial charge >= 0.3 is 0 Å². The molecule has 2 aliphatic carbocycles. The van der Waals surface area contributed by atoms with Crippen LogP contribution in [0.5, 0.6) is 11.5 Å². The topological polar surface area (TPSA) is 38.7 Å². The third-order valence-corrected chi connectivity index (χ3v) is 8.11. The highest BCUT2D eigenvalue weighted by molar-refractivity contribution is 5.34. The first kappa shape index (κ1) is 26.8. The molecule has 1 unspecified atom stereocenters. The Labute approximate surface area is 210 Å². The monoisotopic (exact) mass is 508 g/mol. The highest BCUT2D eigenvalue weighted by Crippen LogP contribution is 2.41. The maximum atomic E-state index is 14.9. The lowest BCUT2D eigenvalue weighted by molar-refractivity contribution is 0.0963. The molecule has 7 heteroatoms. The Morgan fingerprint density at radius 2 is 1.19 bits per heavy atom. The van der Waals surface area contributed by atoms with Crippen molar-refractivity contribution in [2.75, 3.05) is 13.2 Å². The van der Waals surface area contributed by atoms with Crippen LogP contribution in [0.15, 0.2) is 24.3 Å². The van der Waals surface area contributed by atoms with Crippen LogP contribution in [-0.2, 0) is 0 Å². The van der Waals surface area contributed by atoms with Gasteiger partial charge in [-0.25, -0.2) is 8.78 Å². The summed E-state index contributed by atoms with van der Waals surface area (Å²) in [6.45, 7) is 4.01. The van der Waals surface area contributed by atoms with Crippen molar-refractivity contribution in [2.24, 2.45) is 11.8 Å². The number of ether oxygens (including phenoxy) is 2. The molecular formula is C29H36F4O3. The van der Waals surface area contributed by atoms with Crippen molar-refractivity contribution >= 4 is 0 Å². The molecule has 36 heavy (non-hydrogen) atoms. The second-order valence-corrected chi connectivity index (χ2v) is 10.4. The normalized spacial score (nSPS) is 25.4. The van der Waals surface area contributed by atoms with Crippen LogP contribution >= 0.6 is 0 Å². The number of benzene rings is 2. The van der Waals surface area contributed by atoms with Crippen LogP contribution < -0.4 is 9.47 Å². The van der Waals surface area contributed by atoms with E-state index in [1.54, 1.807) is 26.0 Å². The Balaban J connectivity index is 1.31. The van der Waals surface area contributed by atoms with Gasteiger partial charge in [0.2, 0.25) is 11.6 Å². The first-order chi connectivity index (χ1) is 17.3. The molecule has 4 rings (SSSR count). The minimum absolute atomic E-state index is 0.0494. The summed E-state index contributed by atoms with van der Waals surface area (Å²) in [5, 5.41) is 9.77. The zero-order valence-electron chi connectivity index (χ0n) is 21.0. The molecule has 2 aliphatic rings. The van der Waals surface area contributed by atoms with Crippen molar-refractivity contribution in [2.45, 2.75) is 83.2 Å². The zero-order valence-corrected chi connectivity index (χ0v) is 21.0. The van der Waals surface area contributed by atoms with E-state index < -0.39 is 23.3 Å². The summed E-state index contributed by atoms with van der Waals surface area (Å²) >= 11 is 0. The number of rotatable bonds is 8. The Bertz CT molecular complexity index is 1030. The molecule has 0 radical (unpaired) electrons. The second-order valence-electron chi connectivity index (χ2n) is 10.4. The van der Waals surface area contributed by atoms with E-state index in [0.717, 1.165) is 38.5 Å². The first-order valence-electron chi connectivity index (χ1n) is 13.2. The molecule has 2 aromatic rings. The average molecular weight is 509 g/mol. The second kappa shape index (κ2) is 11.8. The lowest BCUT2D eigenvalue weighted by Gasteiger charge is -2.31. The van der Waals surface area contributed by atoms with E-state index in [0.29, 0.717) is 24.0 Å². The molecule has 1 atom stereocenters. The summed E-state index contributed by atoms with van der Waals surface area (Å²) in [5.74, 6) is -3.55. The third kappa shape index (κ3) is 5.82. The first-order valence-corrected chi connectivity index (χ1v) is 13.2. The van der Waals surface area contributed by atoms with Crippen molar-refractivity contribution < 1.29 is 32.1 Å². The van der Waals surface area contributed by atoms with Crippen molar-refractivity contribution in [3.8, 4) is 11.5 Å². The molecule has 0 aromatic heterocycles. The SMILES string of the molecule is CCOc1ccc(C2CCC(COc3ccc(C4CCC(C(C)O)CC4)c(F)c3F)CC2)c(F)c1F. The Morgan fingerprint density at radius 3 is 1.67 bits per heavy atom. The maximum absolute atomic E-state index is 14.9. The summed E-state index contributed by atoms with van der Waals surface area (Å²) in [6.07, 6.45) is 5.49. The van der Waals surface area contributed by atoms with Gasteiger partial charge in [-0.05, 0) is 112 Å². The molecule has 0 aliphatic heterocycles. The standard InChI is InChI=1S/C29H36F4O3/c1-3-35-24-14-12-22(26(30)28(24)32)20-6-4-18(5-7-20)16-36-25-15-13-23(27(31)29(25)33)21-10-8-19(9-11-21)17(2)34/h12-15,17-21,34H,3-11,16H2,1-2H3. The van der Waals surface area contributed by atoms with Crippen LogP contribution in [0, 0.1) is 35.1 Å². The van der Waals surface area contributed by atoms with Gasteiger partial charge in [-0.2, -0.15) is 8.78 Å². The van der Waals surface area contributed by atoms with E-state index in [9.17, 15) is 22.7 Å². The molecule has 2 saturated carbocycles. The van der Waals surface area contributed by atoms with E-state index in [1.165, 1.54) is 12.1 Å². The Hall–Kier alpha value is -2.28. The smallest absolute Gasteiger partial charge is 0.200 e. The number of aliphatic hydroxyl groups excluding tert-OH is 1. The van der Waals surface area contributed by atoms with Gasteiger partial charge in [0.05, 0.1) is 19.3 Å². The zero-order chi connectivity index (χ0) is 25.8. The van der Waals surface area contributed by atoms with Crippen molar-refractivity contribution in [1.82, 2.24) is 0 Å². The molecule has 2 fully saturated rings. The molecule has 3 nitrogen and oxygen atoms in total. The lowest BCUT2D eigenvalue weighted by Crippen LogP contribution is -2.23. The fraction of sp³-hybridized carbons (Fsp3) is 0.586. The molecule has 0 saturated heterocycles. The van der Waals surface area contributed by atoms with Crippen molar-refractivity contribution in [3.05, 3.63) is 58.7 Å². The number of hydrogen-bond acceptors (Lipinski definition) is 3. The minimum atomic E-state index is -0.953. The number of hydrogen-bond donors (Lipinski definition) is 1. The van der Waals surface area contributed by atoms with Gasteiger partial charge in [0.1, 0.15) is 0 Å². The lowest BCUT2D eigenvalue weighted by atomic mass is 9.77. The van der Waals surface area contributed by atoms with Gasteiger partial charge < -0.3 is 14.6 Å². The van der Waals surface area contributed by atoms with Crippen molar-refractivity contribution in [3.63, 3.8) is 0 Å². The van der Waals surface area contributed by atoms with Crippen LogP contribution in [0.1, 0.15) is 88.2 Å². The van der Waals surface area contributed by atoms with E-state index in [-0.39, 0.29) is 54.5 Å². The van der Waals surface area contributed by atoms with E-state index in [1.807, 2.05) is 0 Å². The molecule has 1 N–H and O–H groups in total. The minimum Gasteiger partial charge on any atom is -0.491 e. The van der Waals surface area contributed by atoms with Crippen LogP contribution in [0.25, 0.3) is 0 Å². The predicted octanol–water partition coefficient (Wildman–Crippen LogP) is 7.65. The van der Waals surface area contributed by atoms with Crippen LogP contribution in [0.4, 0.5) is 17.6 Å². The summed E-state index contributed by atoms with van der Waals surface area (Å²) < 4.78 is 69.3. The van der Waals surface area contributed by atoms with Gasteiger partial charge in [0, 0.05) is 0 Å². The highest BCUT2D eigenvalue weighted by atomic mass is 19.2. The third-order valence-electron chi connectivity index (χ3n) is 8.11. The summed E-state index contributed by atoms with van der Waals surface area (Å²) in [7, 11) is 0. The van der Waals surface area contributed by atoms with Crippen LogP contribution in [0.2, 0.25) is 0 Å². The summed E-state index contributed by atoms with van der Waals surface area (Å²) in [4.78, 5) is 0. The van der Waals surface area contributed by atoms with Crippen LogP contribution in [0.3, 0.4) is 0 Å². The molecule has 0 amide bonds. The largest absolute Gasteiger partial charge is 0.491 e. The quantitative estimate of drug-likeness (QED) is 0.372. The summed E-state index contributed by atoms with van der Waals surface area (Å²) in [6, 6.07) is 6.22. The summed E-state index contributed by atoms with van der Waals surface area (Å²) in [5.41, 5.74) is 0.746. The van der Waals surface area contributed by atoms with Gasteiger partial charge in [-0.15, -0.1) is 0 Å². The maximum Gasteiger partial charge on any atom is 0.200 e. The van der Waals surface area contributed by atoms with Gasteiger partial charge in [-0.3, -0.25) is 0 Å². The molecule has 0 heterocycles. The molecule has 0 spiro atoms. The fourth-order valence-corrected chi connectivity index (χ4v) is 5.86. The Morgan fingerprint density at radius 1 is 0.722 bits per heavy atom. The van der Waals surface area contributed by atoms with E-state index >= 15 is 0 Å². The average Bonchev–Trinajstić information content (AvgIpc) is 2.88. The molecule has 198 valence electrons. The van der Waals surface area contributed by atoms with E-state index in [4.69, 9.17) is 9.47 Å². The van der Waals surface area contributed by atoms with Gasteiger partial charge in [0.25, 0.3) is 0 Å². The van der Waals surface area contributed by atoms with Crippen molar-refractivity contribution in [1.29, 1.82) is 0 Å². The molecule has 0 bridgehead atoms. The number of aliphatic hydroxyl groups is 1. The predicted molar refractivity (Wildman–Crippen MR) is 130 cm³/mol. The highest BCUT2D eigenvalue weighted by Gasteiger charge is 2.30. The van der Waals surface area contributed by atoms with Crippen LogP contribution in [-0.4, -0.2) is 24.4 Å². The van der Waals surface area contributed by atoms with Gasteiger partial charge in [-0.1, -0.05) is 12.1 Å². The fourth-order valence-electron chi connectivity index (χ4n) is 5.86. The Kier molecular flexibility index (Phi) is 8.81. The van der Waals surface area contributed by atoms with E-state index in [2.05, 4.69) is 0 Å². The van der Waals surface area contributed by atoms with Gasteiger partial charge in [0.15, 0.2) is 23.1 Å². The number of halogens is 4.